The molecule has 2 heterocycles. The molecule has 12 nitrogen and oxygen atoms in total. The highest BCUT2D eigenvalue weighted by Gasteiger charge is 2.44. The first-order chi connectivity index (χ1) is 26.0. The molecule has 14 heteroatoms. The lowest BCUT2D eigenvalue weighted by molar-refractivity contribution is -0.144. The lowest BCUT2D eigenvalue weighted by Gasteiger charge is -2.35. The van der Waals surface area contributed by atoms with Crippen molar-refractivity contribution in [3.8, 4) is 10.4 Å². The number of aliphatic hydroxyl groups is 1. The number of carbonyl (C=O) groups excluding carboxylic acids is 5. The molecule has 2 aromatic carbocycles. The molecule has 3 aromatic rings. The van der Waals surface area contributed by atoms with Crippen molar-refractivity contribution in [1.82, 2.24) is 20.5 Å². The molecule has 0 saturated carbocycles. The Labute approximate surface area is 326 Å². The molecule has 5 atom stereocenters. The van der Waals surface area contributed by atoms with Gasteiger partial charge in [-0.1, -0.05) is 70.5 Å². The second-order valence-electron chi connectivity index (χ2n) is 15.6. The summed E-state index contributed by atoms with van der Waals surface area (Å²) >= 11 is 1.57. The van der Waals surface area contributed by atoms with E-state index in [1.807, 2.05) is 58.9 Å². The lowest BCUT2D eigenvalue weighted by atomic mass is 9.85. The summed E-state index contributed by atoms with van der Waals surface area (Å²) < 4.78 is 15.2. The maximum Gasteiger partial charge on any atom is 0.246 e. The molecule has 5 amide bonds. The van der Waals surface area contributed by atoms with Gasteiger partial charge in [-0.05, 0) is 67.7 Å². The molecule has 0 radical (unpaired) electrons. The number of aryl methyl sites for hydroxylation is 2. The number of rotatable bonds is 17. The Hall–Kier alpha value is -4.69. The average molecular weight is 779 g/mol. The summed E-state index contributed by atoms with van der Waals surface area (Å²) in [7, 11) is 0. The van der Waals surface area contributed by atoms with Crippen LogP contribution in [0.4, 0.5) is 10.1 Å². The molecule has 1 saturated heterocycles. The number of anilines is 1. The number of likely N-dealkylation sites (tertiary alicyclic amines) is 1. The Morgan fingerprint density at radius 2 is 1.73 bits per heavy atom. The largest absolute Gasteiger partial charge is 0.391 e. The number of nitrogens with two attached hydrogens (primary N) is 1. The van der Waals surface area contributed by atoms with Crippen molar-refractivity contribution < 1.29 is 33.5 Å². The van der Waals surface area contributed by atoms with Crippen molar-refractivity contribution in [2.24, 2.45) is 17.1 Å². The standard InChI is InChI=1S/C41H55FN6O6S/c1-24(15-20-33(43)50)38(52)46-31-13-10-12-28(35(31)42)11-8-7-9-14-34(51)47-37(41(4,5)6)40(54)48-22-30(49)21-32(48)39(53)45-25(2)27-16-18-29(19-17-27)36-26(3)44-23-55-36/h10,12-13,16-19,23-25,30,32,37,49H,7-9,11,14-15,20-22H2,1-6H3,(H2,43,50)(H,45,53)(H,46,52)(H,47,51)/t24-,25-,30+,32-,37+/m0/s1. The highest BCUT2D eigenvalue weighted by atomic mass is 32.1. The van der Waals surface area contributed by atoms with Crippen molar-refractivity contribution >= 4 is 46.6 Å². The predicted octanol–water partition coefficient (Wildman–Crippen LogP) is 5.57. The molecule has 1 fully saturated rings. The number of carbonyl (C=O) groups is 5. The van der Waals surface area contributed by atoms with Gasteiger partial charge in [0.15, 0.2) is 0 Å². The van der Waals surface area contributed by atoms with Crippen LogP contribution in [0.3, 0.4) is 0 Å². The summed E-state index contributed by atoms with van der Waals surface area (Å²) in [4.78, 5) is 71.0. The molecule has 1 aromatic heterocycles. The van der Waals surface area contributed by atoms with Gasteiger partial charge >= 0.3 is 0 Å². The van der Waals surface area contributed by atoms with Gasteiger partial charge in [-0.2, -0.15) is 0 Å². The van der Waals surface area contributed by atoms with Crippen molar-refractivity contribution in [1.29, 1.82) is 0 Å². The van der Waals surface area contributed by atoms with Gasteiger partial charge in [0.25, 0.3) is 0 Å². The topological polar surface area (TPSA) is 184 Å². The quantitative estimate of drug-likeness (QED) is 0.111. The van der Waals surface area contributed by atoms with E-state index >= 15 is 4.39 Å². The molecule has 0 unspecified atom stereocenters. The van der Waals surface area contributed by atoms with Crippen LogP contribution in [0.25, 0.3) is 10.4 Å². The summed E-state index contributed by atoms with van der Waals surface area (Å²) in [5.74, 6) is -3.06. The van der Waals surface area contributed by atoms with Gasteiger partial charge in [-0.15, -0.1) is 11.3 Å². The number of thiazole rings is 1. The Kier molecular flexibility index (Phi) is 15.1. The molecule has 0 spiro atoms. The van der Waals surface area contributed by atoms with Gasteiger partial charge in [0.05, 0.1) is 33.9 Å². The van der Waals surface area contributed by atoms with Crippen LogP contribution >= 0.6 is 11.3 Å². The van der Waals surface area contributed by atoms with Gasteiger partial charge in [0, 0.05) is 31.7 Å². The number of halogens is 1. The van der Waals surface area contributed by atoms with Crippen LogP contribution < -0.4 is 21.7 Å². The number of nitrogens with one attached hydrogen (secondary N) is 3. The first-order valence-corrected chi connectivity index (χ1v) is 19.8. The minimum absolute atomic E-state index is 0.0214. The number of aliphatic hydroxyl groups excluding tert-OH is 1. The Morgan fingerprint density at radius 3 is 2.36 bits per heavy atom. The van der Waals surface area contributed by atoms with Crippen LogP contribution in [0.5, 0.6) is 0 Å². The van der Waals surface area contributed by atoms with E-state index in [2.05, 4.69) is 20.9 Å². The van der Waals surface area contributed by atoms with Crippen LogP contribution in [-0.2, 0) is 30.4 Å². The third-order valence-corrected chi connectivity index (χ3v) is 11.0. The van der Waals surface area contributed by atoms with E-state index in [0.717, 1.165) is 21.7 Å². The van der Waals surface area contributed by atoms with Crippen molar-refractivity contribution in [3.05, 3.63) is 70.6 Å². The minimum atomic E-state index is -0.939. The SMILES string of the molecule is Cc1ncsc1-c1ccc([C@H](C)NC(=O)[C@@H]2C[C@@H](O)CN2C(=O)[C@@H](NC(=O)CCCCCc2cccc(NC(=O)[C@@H](C)CCC(N)=O)c2F)C(C)(C)C)cc1. The summed E-state index contributed by atoms with van der Waals surface area (Å²) in [6, 6.07) is 10.5. The van der Waals surface area contributed by atoms with E-state index in [1.165, 1.54) is 11.0 Å². The minimum Gasteiger partial charge on any atom is -0.391 e. The molecule has 6 N–H and O–H groups in total. The number of β-amino-alcohol motifs (C(OH)–C–C–N with tert-alkyl or cyclic N) is 1. The van der Waals surface area contributed by atoms with Crippen LogP contribution in [0.15, 0.2) is 48.0 Å². The third kappa shape index (κ3) is 11.9. The highest BCUT2D eigenvalue weighted by molar-refractivity contribution is 7.13. The first-order valence-electron chi connectivity index (χ1n) is 18.9. The monoisotopic (exact) mass is 778 g/mol. The fourth-order valence-electron chi connectivity index (χ4n) is 6.64. The second kappa shape index (κ2) is 19.3. The molecule has 298 valence electrons. The molecule has 1 aliphatic rings. The zero-order valence-corrected chi connectivity index (χ0v) is 33.4. The fraction of sp³-hybridized carbons (Fsp3) is 0.512. The number of benzene rings is 2. The molecular formula is C41H55FN6O6S. The highest BCUT2D eigenvalue weighted by Crippen LogP contribution is 2.30. The Bertz CT molecular complexity index is 1830. The van der Waals surface area contributed by atoms with Gasteiger partial charge in [0.2, 0.25) is 29.5 Å². The van der Waals surface area contributed by atoms with Crippen LogP contribution in [0.2, 0.25) is 0 Å². The maximum absolute atomic E-state index is 15.2. The van der Waals surface area contributed by atoms with Crippen molar-refractivity contribution in [3.63, 3.8) is 0 Å². The number of unbranched alkanes of at least 4 members (excludes halogenated alkanes) is 2. The molecular weight excluding hydrogens is 724 g/mol. The smallest absolute Gasteiger partial charge is 0.246 e. The number of amides is 5. The van der Waals surface area contributed by atoms with Gasteiger partial charge in [0.1, 0.15) is 17.9 Å². The van der Waals surface area contributed by atoms with Crippen molar-refractivity contribution in [2.75, 3.05) is 11.9 Å². The van der Waals surface area contributed by atoms with E-state index < -0.39 is 53.1 Å². The number of aromatic nitrogens is 1. The zero-order valence-electron chi connectivity index (χ0n) is 32.6. The second-order valence-corrected chi connectivity index (χ2v) is 16.5. The van der Waals surface area contributed by atoms with Gasteiger partial charge < -0.3 is 31.7 Å². The molecule has 0 aliphatic carbocycles. The molecule has 0 bridgehead atoms. The van der Waals surface area contributed by atoms with E-state index in [4.69, 9.17) is 5.73 Å². The van der Waals surface area contributed by atoms with E-state index in [1.54, 1.807) is 35.9 Å². The van der Waals surface area contributed by atoms with Crippen LogP contribution in [0, 0.1) is 24.1 Å². The van der Waals surface area contributed by atoms with Crippen LogP contribution in [0.1, 0.15) is 102 Å². The average Bonchev–Trinajstić information content (AvgIpc) is 3.75. The predicted molar refractivity (Wildman–Crippen MR) is 211 cm³/mol. The summed E-state index contributed by atoms with van der Waals surface area (Å²) in [6.45, 7) is 11.0. The number of nitrogens with zero attached hydrogens (tertiary/aromatic N) is 2. The van der Waals surface area contributed by atoms with E-state index in [-0.39, 0.29) is 55.8 Å². The third-order valence-electron chi connectivity index (χ3n) is 10.0. The normalized spacial score (nSPS) is 17.3. The Morgan fingerprint density at radius 1 is 1.02 bits per heavy atom. The van der Waals surface area contributed by atoms with E-state index in [9.17, 15) is 29.1 Å². The first kappa shape index (κ1) is 43.0. The fourth-order valence-corrected chi connectivity index (χ4v) is 7.45. The van der Waals surface area contributed by atoms with Gasteiger partial charge in [-0.25, -0.2) is 9.37 Å². The summed E-state index contributed by atoms with van der Waals surface area (Å²) in [6.07, 6.45) is 1.80. The van der Waals surface area contributed by atoms with Gasteiger partial charge in [-0.3, -0.25) is 24.0 Å². The molecule has 4 rings (SSSR count). The van der Waals surface area contributed by atoms with Crippen LogP contribution in [-0.4, -0.2) is 69.3 Å². The number of hydrogen-bond donors (Lipinski definition) is 5. The van der Waals surface area contributed by atoms with E-state index in [0.29, 0.717) is 31.2 Å². The molecule has 1 aliphatic heterocycles. The summed E-state index contributed by atoms with van der Waals surface area (Å²) in [5, 5.41) is 19.1. The molecule has 55 heavy (non-hydrogen) atoms. The lowest BCUT2D eigenvalue weighted by Crippen LogP contribution is -2.57. The number of primary amides is 1. The van der Waals surface area contributed by atoms with Crippen molar-refractivity contribution in [2.45, 2.75) is 117 Å². The Balaban J connectivity index is 1.28. The number of hydrogen-bond acceptors (Lipinski definition) is 8. The maximum atomic E-state index is 15.2. The zero-order chi connectivity index (χ0) is 40.4. The summed E-state index contributed by atoms with van der Waals surface area (Å²) in [5.41, 5.74) is 9.67.